The lowest BCUT2D eigenvalue weighted by Crippen LogP contribution is -2.24. The average Bonchev–Trinajstić information content (AvgIpc) is 2.20. The number of rotatable bonds is 11. The third kappa shape index (κ3) is 13.9. The fraction of sp³-hybridized carbons (Fsp3) is 1.00. The van der Waals surface area contributed by atoms with E-state index in [0.29, 0.717) is 6.04 Å². The predicted octanol–water partition coefficient (Wildman–Crippen LogP) is 2.21. The largest absolute Gasteiger partial charge is 0.379 e. The highest BCUT2D eigenvalue weighted by molar-refractivity contribution is 4.51. The third-order valence-corrected chi connectivity index (χ3v) is 2.03. The number of unbranched alkanes of at least 4 members (excludes halogenated alkanes) is 1. The molecule has 0 atom stereocenters. The maximum atomic E-state index is 5.43. The first-order valence-electron chi connectivity index (χ1n) is 6.16. The second kappa shape index (κ2) is 12.0. The summed E-state index contributed by atoms with van der Waals surface area (Å²) in [6, 6.07) is 0.572. The van der Waals surface area contributed by atoms with Crippen molar-refractivity contribution in [3.05, 3.63) is 0 Å². The molecule has 15 heavy (non-hydrogen) atoms. The molecule has 3 heteroatoms. The summed E-state index contributed by atoms with van der Waals surface area (Å²) in [5, 5.41) is 3.35. The Morgan fingerprint density at radius 3 is 2.07 bits per heavy atom. The normalized spacial score (nSPS) is 11.2. The Labute approximate surface area is 94.5 Å². The molecule has 0 aromatic rings. The van der Waals surface area contributed by atoms with Gasteiger partial charge in [-0.2, -0.15) is 0 Å². The van der Waals surface area contributed by atoms with Crippen LogP contribution < -0.4 is 5.32 Å². The molecule has 0 aliphatic carbocycles. The van der Waals surface area contributed by atoms with Gasteiger partial charge in [-0.1, -0.05) is 27.2 Å². The standard InChI is InChI=1S/C12H27NO2/c1-4-5-8-14-10-11-15-9-6-7-13-12(2)3/h12-13H,4-11H2,1-3H3. The van der Waals surface area contributed by atoms with Crippen LogP contribution in [0.15, 0.2) is 0 Å². The van der Waals surface area contributed by atoms with Gasteiger partial charge in [-0.15, -0.1) is 0 Å². The summed E-state index contributed by atoms with van der Waals surface area (Å²) >= 11 is 0. The van der Waals surface area contributed by atoms with Gasteiger partial charge >= 0.3 is 0 Å². The summed E-state index contributed by atoms with van der Waals surface area (Å²) < 4.78 is 10.8. The van der Waals surface area contributed by atoms with Crippen LogP contribution in [0.5, 0.6) is 0 Å². The van der Waals surface area contributed by atoms with Crippen LogP contribution in [0.3, 0.4) is 0 Å². The summed E-state index contributed by atoms with van der Waals surface area (Å²) in [5.41, 5.74) is 0. The molecule has 0 spiro atoms. The first kappa shape index (κ1) is 14.9. The van der Waals surface area contributed by atoms with Crippen molar-refractivity contribution in [1.29, 1.82) is 0 Å². The zero-order chi connectivity index (χ0) is 11.4. The number of nitrogens with one attached hydrogen (secondary N) is 1. The van der Waals surface area contributed by atoms with E-state index in [4.69, 9.17) is 9.47 Å². The fourth-order valence-electron chi connectivity index (χ4n) is 1.13. The van der Waals surface area contributed by atoms with Gasteiger partial charge in [-0.3, -0.25) is 0 Å². The Morgan fingerprint density at radius 1 is 0.933 bits per heavy atom. The molecular formula is C12H27NO2. The van der Waals surface area contributed by atoms with Crippen LogP contribution in [0.25, 0.3) is 0 Å². The van der Waals surface area contributed by atoms with E-state index in [9.17, 15) is 0 Å². The van der Waals surface area contributed by atoms with Crippen LogP contribution in [0, 0.1) is 0 Å². The molecule has 0 bridgehead atoms. The quantitative estimate of drug-likeness (QED) is 0.538. The van der Waals surface area contributed by atoms with E-state index < -0.39 is 0 Å². The summed E-state index contributed by atoms with van der Waals surface area (Å²) in [5.74, 6) is 0. The third-order valence-electron chi connectivity index (χ3n) is 2.03. The van der Waals surface area contributed by atoms with Gasteiger partial charge in [0.25, 0.3) is 0 Å². The second-order valence-corrected chi connectivity index (χ2v) is 4.04. The van der Waals surface area contributed by atoms with E-state index >= 15 is 0 Å². The smallest absolute Gasteiger partial charge is 0.0700 e. The van der Waals surface area contributed by atoms with Crippen LogP contribution >= 0.6 is 0 Å². The lowest BCUT2D eigenvalue weighted by Gasteiger charge is -2.08. The fourth-order valence-corrected chi connectivity index (χ4v) is 1.13. The van der Waals surface area contributed by atoms with Crippen LogP contribution in [0.1, 0.15) is 40.0 Å². The molecule has 0 rings (SSSR count). The van der Waals surface area contributed by atoms with E-state index in [0.717, 1.165) is 45.8 Å². The van der Waals surface area contributed by atoms with Gasteiger partial charge in [0.15, 0.2) is 0 Å². The lowest BCUT2D eigenvalue weighted by atomic mass is 10.3. The van der Waals surface area contributed by atoms with Crippen molar-refractivity contribution in [3.63, 3.8) is 0 Å². The van der Waals surface area contributed by atoms with Crippen molar-refractivity contribution < 1.29 is 9.47 Å². The molecule has 0 aliphatic heterocycles. The highest BCUT2D eigenvalue weighted by Crippen LogP contribution is 1.88. The van der Waals surface area contributed by atoms with Gasteiger partial charge in [0.05, 0.1) is 13.2 Å². The van der Waals surface area contributed by atoms with Crippen LogP contribution in [-0.2, 0) is 9.47 Å². The van der Waals surface area contributed by atoms with Gasteiger partial charge in [-0.05, 0) is 19.4 Å². The monoisotopic (exact) mass is 217 g/mol. The Kier molecular flexibility index (Phi) is 11.9. The number of hydrogen-bond donors (Lipinski definition) is 1. The summed E-state index contributed by atoms with van der Waals surface area (Å²) in [4.78, 5) is 0. The molecular weight excluding hydrogens is 190 g/mol. The molecule has 92 valence electrons. The molecule has 1 N–H and O–H groups in total. The minimum atomic E-state index is 0.572. The van der Waals surface area contributed by atoms with Gasteiger partial charge in [0.2, 0.25) is 0 Å². The molecule has 0 saturated carbocycles. The zero-order valence-corrected chi connectivity index (χ0v) is 10.6. The van der Waals surface area contributed by atoms with E-state index in [1.54, 1.807) is 0 Å². The van der Waals surface area contributed by atoms with Crippen LogP contribution in [-0.4, -0.2) is 39.0 Å². The van der Waals surface area contributed by atoms with Gasteiger partial charge in [0.1, 0.15) is 0 Å². The van der Waals surface area contributed by atoms with Crippen molar-refractivity contribution in [2.45, 2.75) is 46.1 Å². The summed E-state index contributed by atoms with van der Waals surface area (Å²) in [6.07, 6.45) is 3.42. The maximum absolute atomic E-state index is 5.43. The molecule has 0 aliphatic rings. The molecule has 0 aromatic heterocycles. The molecule has 0 saturated heterocycles. The maximum Gasteiger partial charge on any atom is 0.0700 e. The first-order chi connectivity index (χ1) is 7.27. The highest BCUT2D eigenvalue weighted by Gasteiger charge is 1.92. The van der Waals surface area contributed by atoms with Crippen molar-refractivity contribution in [2.24, 2.45) is 0 Å². The summed E-state index contributed by atoms with van der Waals surface area (Å²) in [7, 11) is 0. The minimum Gasteiger partial charge on any atom is -0.379 e. The number of hydrogen-bond acceptors (Lipinski definition) is 3. The lowest BCUT2D eigenvalue weighted by molar-refractivity contribution is 0.0458. The molecule has 0 heterocycles. The minimum absolute atomic E-state index is 0.572. The van der Waals surface area contributed by atoms with Crippen molar-refractivity contribution in [3.8, 4) is 0 Å². The molecule has 0 fully saturated rings. The van der Waals surface area contributed by atoms with E-state index in [2.05, 4.69) is 26.1 Å². The highest BCUT2D eigenvalue weighted by atomic mass is 16.5. The van der Waals surface area contributed by atoms with Gasteiger partial charge in [0, 0.05) is 19.3 Å². The summed E-state index contributed by atoms with van der Waals surface area (Å²) in [6.45, 7) is 10.7. The second-order valence-electron chi connectivity index (χ2n) is 4.04. The van der Waals surface area contributed by atoms with Crippen molar-refractivity contribution in [2.75, 3.05) is 33.0 Å². The van der Waals surface area contributed by atoms with Crippen LogP contribution in [0.4, 0.5) is 0 Å². The van der Waals surface area contributed by atoms with Crippen molar-refractivity contribution in [1.82, 2.24) is 5.32 Å². The Morgan fingerprint density at radius 2 is 1.53 bits per heavy atom. The topological polar surface area (TPSA) is 30.5 Å². The first-order valence-corrected chi connectivity index (χ1v) is 6.16. The van der Waals surface area contributed by atoms with Gasteiger partial charge < -0.3 is 14.8 Å². The van der Waals surface area contributed by atoms with E-state index in [-0.39, 0.29) is 0 Å². The molecule has 3 nitrogen and oxygen atoms in total. The Hall–Kier alpha value is -0.120. The number of ether oxygens (including phenoxy) is 2. The molecule has 0 unspecified atom stereocenters. The zero-order valence-electron chi connectivity index (χ0n) is 10.6. The predicted molar refractivity (Wildman–Crippen MR) is 64.3 cm³/mol. The average molecular weight is 217 g/mol. The van der Waals surface area contributed by atoms with Crippen molar-refractivity contribution >= 4 is 0 Å². The molecule has 0 radical (unpaired) electrons. The van der Waals surface area contributed by atoms with E-state index in [1.807, 2.05) is 0 Å². The molecule has 0 aromatic carbocycles. The Balaban J connectivity index is 2.87. The molecule has 0 amide bonds. The van der Waals surface area contributed by atoms with Gasteiger partial charge in [-0.25, -0.2) is 0 Å². The Bertz CT molecular complexity index is 118. The van der Waals surface area contributed by atoms with E-state index in [1.165, 1.54) is 6.42 Å². The SMILES string of the molecule is CCCCOCCOCCCNC(C)C. The van der Waals surface area contributed by atoms with Crippen LogP contribution in [0.2, 0.25) is 0 Å².